The van der Waals surface area contributed by atoms with E-state index < -0.39 is 11.5 Å². The van der Waals surface area contributed by atoms with Gasteiger partial charge in [0.05, 0.1) is 6.42 Å². The van der Waals surface area contributed by atoms with E-state index in [9.17, 15) is 4.79 Å². The van der Waals surface area contributed by atoms with Crippen molar-refractivity contribution in [1.82, 2.24) is 0 Å². The molecule has 16 heavy (non-hydrogen) atoms. The molecule has 0 amide bonds. The molecule has 0 aromatic carbocycles. The van der Waals surface area contributed by atoms with Crippen LogP contribution in [-0.4, -0.2) is 141 Å². The molecule has 4 nitrogen and oxygen atoms in total. The molecule has 78 valence electrons. The number of carboxylic acid groups (broad SMARTS) is 1. The third-order valence-electron chi connectivity index (χ3n) is 2.63. The van der Waals surface area contributed by atoms with E-state index in [-0.39, 0.29) is 131 Å². The predicted molar refractivity (Wildman–Crippen MR) is 74.2 cm³/mol. The molecule has 1 fully saturated rings. The van der Waals surface area contributed by atoms with E-state index >= 15 is 0 Å². The van der Waals surface area contributed by atoms with Crippen LogP contribution in [0, 0.1) is 0 Å². The second-order valence-electron chi connectivity index (χ2n) is 3.66. The van der Waals surface area contributed by atoms with Crippen LogP contribution in [0.1, 0.15) is 32.1 Å². The normalized spacial score (nSPS) is 27.2. The van der Waals surface area contributed by atoms with E-state index in [2.05, 4.69) is 0 Å². The Morgan fingerprint density at radius 1 is 1.25 bits per heavy atom. The van der Waals surface area contributed by atoms with E-state index in [0.29, 0.717) is 0 Å². The maximum absolute atomic E-state index is 10.5. The first-order valence-electron chi connectivity index (χ1n) is 4.31. The Bertz CT molecular complexity index is 197. The van der Waals surface area contributed by atoms with E-state index in [1.807, 2.05) is 0 Å². The molecular formula is C8H20N2Na4O2. The number of carboxylic acids is 1. The van der Waals surface area contributed by atoms with Crippen molar-refractivity contribution in [3.63, 3.8) is 0 Å². The SMILES string of the molecule is NC1CCCCC1(N)CC(=O)O.[NaH].[NaH].[NaH].[NaH]. The topological polar surface area (TPSA) is 89.3 Å². The van der Waals surface area contributed by atoms with Gasteiger partial charge in [0.25, 0.3) is 0 Å². The van der Waals surface area contributed by atoms with Crippen LogP contribution in [0.5, 0.6) is 0 Å². The summed E-state index contributed by atoms with van der Waals surface area (Å²) in [5.74, 6) is -0.852. The zero-order chi connectivity index (χ0) is 9.19. The van der Waals surface area contributed by atoms with Gasteiger partial charge < -0.3 is 16.6 Å². The molecule has 1 rings (SSSR count). The van der Waals surface area contributed by atoms with E-state index in [0.717, 1.165) is 25.7 Å². The number of aliphatic carboxylic acids is 1. The van der Waals surface area contributed by atoms with Gasteiger partial charge in [0.2, 0.25) is 0 Å². The molecule has 0 aromatic rings. The van der Waals surface area contributed by atoms with E-state index in [4.69, 9.17) is 16.6 Å². The van der Waals surface area contributed by atoms with Crippen LogP contribution >= 0.6 is 0 Å². The summed E-state index contributed by atoms with van der Waals surface area (Å²) in [7, 11) is 0. The molecule has 0 aromatic heterocycles. The van der Waals surface area contributed by atoms with Gasteiger partial charge in [0.1, 0.15) is 0 Å². The monoisotopic (exact) mass is 268 g/mol. The van der Waals surface area contributed by atoms with Crippen LogP contribution in [0.25, 0.3) is 0 Å². The molecule has 0 radical (unpaired) electrons. The summed E-state index contributed by atoms with van der Waals surface area (Å²) in [6.07, 6.45) is 3.65. The van der Waals surface area contributed by atoms with Crippen molar-refractivity contribution < 1.29 is 9.90 Å². The predicted octanol–water partition coefficient (Wildman–Crippen LogP) is -2.53. The number of hydrogen-bond donors (Lipinski definition) is 3. The van der Waals surface area contributed by atoms with E-state index in [1.54, 1.807) is 0 Å². The van der Waals surface area contributed by atoms with Gasteiger partial charge >= 0.3 is 124 Å². The van der Waals surface area contributed by atoms with Crippen molar-refractivity contribution >= 4 is 124 Å². The Morgan fingerprint density at radius 2 is 1.75 bits per heavy atom. The van der Waals surface area contributed by atoms with Gasteiger partial charge in [-0.15, -0.1) is 0 Å². The summed E-state index contributed by atoms with van der Waals surface area (Å²) in [6.45, 7) is 0. The molecule has 0 saturated heterocycles. The Kier molecular flexibility index (Phi) is 23.1. The Morgan fingerprint density at radius 3 is 2.12 bits per heavy atom. The fourth-order valence-corrected chi connectivity index (χ4v) is 1.79. The van der Waals surface area contributed by atoms with E-state index in [1.165, 1.54) is 0 Å². The quantitative estimate of drug-likeness (QED) is 0.482. The summed E-state index contributed by atoms with van der Waals surface area (Å²) in [5.41, 5.74) is 11.0. The number of carbonyl (C=O) groups is 1. The van der Waals surface area contributed by atoms with Gasteiger partial charge in [0.15, 0.2) is 0 Å². The van der Waals surface area contributed by atoms with Crippen molar-refractivity contribution in [2.24, 2.45) is 11.5 Å². The Balaban J connectivity index is -0.000000180. The van der Waals surface area contributed by atoms with Crippen LogP contribution in [0.4, 0.5) is 0 Å². The minimum atomic E-state index is -0.852. The fourth-order valence-electron chi connectivity index (χ4n) is 1.79. The summed E-state index contributed by atoms with van der Waals surface area (Å²) in [4.78, 5) is 10.5. The zero-order valence-corrected chi connectivity index (χ0v) is 7.12. The molecule has 1 aliphatic carbocycles. The van der Waals surface area contributed by atoms with Crippen molar-refractivity contribution in [2.75, 3.05) is 0 Å². The molecule has 0 spiro atoms. The first-order chi connectivity index (χ1) is 5.54. The van der Waals surface area contributed by atoms with Gasteiger partial charge in [-0.1, -0.05) is 12.8 Å². The van der Waals surface area contributed by atoms with Crippen molar-refractivity contribution in [3.05, 3.63) is 0 Å². The first kappa shape index (κ1) is 27.7. The summed E-state index contributed by atoms with van der Waals surface area (Å²) < 4.78 is 0. The molecule has 0 bridgehead atoms. The van der Waals surface area contributed by atoms with Gasteiger partial charge in [-0.2, -0.15) is 0 Å². The van der Waals surface area contributed by atoms with Gasteiger partial charge in [-0.25, -0.2) is 0 Å². The molecule has 0 aliphatic heterocycles. The van der Waals surface area contributed by atoms with Crippen LogP contribution in [-0.2, 0) is 4.79 Å². The van der Waals surface area contributed by atoms with Gasteiger partial charge in [0, 0.05) is 11.6 Å². The average Bonchev–Trinajstić information content (AvgIpc) is 1.94. The standard InChI is InChI=1S/C8H16N2O2.4Na.4H/c9-6-3-1-2-4-8(6,10)5-7(11)12;;;;;;;;/h6H,1-5,9-10H2,(H,11,12);;;;;;;;. The minimum absolute atomic E-state index is 0. The van der Waals surface area contributed by atoms with Gasteiger partial charge in [-0.05, 0) is 12.8 Å². The van der Waals surface area contributed by atoms with Crippen molar-refractivity contribution in [1.29, 1.82) is 0 Å². The second kappa shape index (κ2) is 13.4. The van der Waals surface area contributed by atoms with Crippen LogP contribution in [0.15, 0.2) is 0 Å². The summed E-state index contributed by atoms with van der Waals surface area (Å²) in [6, 6.07) is -0.151. The molecule has 2 atom stereocenters. The van der Waals surface area contributed by atoms with Crippen molar-refractivity contribution in [2.45, 2.75) is 43.7 Å². The average molecular weight is 268 g/mol. The summed E-state index contributed by atoms with van der Waals surface area (Å²) in [5, 5.41) is 8.61. The molecule has 5 N–H and O–H groups in total. The van der Waals surface area contributed by atoms with Crippen LogP contribution in [0.2, 0.25) is 0 Å². The fraction of sp³-hybridized carbons (Fsp3) is 0.875. The number of nitrogens with two attached hydrogens (primary N) is 2. The Hall–Kier alpha value is 3.39. The maximum atomic E-state index is 10.5. The zero-order valence-electron chi connectivity index (χ0n) is 7.12. The molecule has 8 heteroatoms. The number of hydrogen-bond acceptors (Lipinski definition) is 3. The van der Waals surface area contributed by atoms with Crippen LogP contribution < -0.4 is 11.5 Å². The van der Waals surface area contributed by atoms with Gasteiger partial charge in [-0.3, -0.25) is 4.79 Å². The third-order valence-corrected chi connectivity index (χ3v) is 2.63. The molecule has 2 unspecified atom stereocenters. The molecule has 1 aliphatic rings. The Labute approximate surface area is 186 Å². The second-order valence-corrected chi connectivity index (χ2v) is 3.66. The third kappa shape index (κ3) is 9.32. The van der Waals surface area contributed by atoms with Crippen LogP contribution in [0.3, 0.4) is 0 Å². The molecular weight excluding hydrogens is 248 g/mol. The molecule has 1 saturated carbocycles. The van der Waals surface area contributed by atoms with Crippen molar-refractivity contribution in [3.8, 4) is 0 Å². The first-order valence-corrected chi connectivity index (χ1v) is 4.31. The summed E-state index contributed by atoms with van der Waals surface area (Å²) >= 11 is 0. The molecule has 0 heterocycles. The number of rotatable bonds is 2.